The van der Waals surface area contributed by atoms with Crippen LogP contribution in [0.25, 0.3) is 11.3 Å². The Bertz CT molecular complexity index is 2890. The van der Waals surface area contributed by atoms with Crippen molar-refractivity contribution in [3.63, 3.8) is 0 Å². The number of alkyl carbamates (subject to hydrolysis) is 1. The van der Waals surface area contributed by atoms with Gasteiger partial charge in [-0.25, -0.2) is 38.3 Å². The fourth-order valence-corrected chi connectivity index (χ4v) is 9.49. The fraction of sp³-hybridized carbons (Fsp3) is 0.510. The second-order valence-corrected chi connectivity index (χ2v) is 20.7. The fourth-order valence-electron chi connectivity index (χ4n) is 9.49. The molecule has 0 radical (unpaired) electrons. The van der Waals surface area contributed by atoms with Gasteiger partial charge in [-0.3, -0.25) is 24.5 Å². The molecule has 3 aliphatic heterocycles. The summed E-state index contributed by atoms with van der Waals surface area (Å²) in [7, 11) is 0.773. The lowest BCUT2D eigenvalue weighted by Gasteiger charge is -2.47. The number of methoxy groups -OCH3 is 1. The maximum absolute atomic E-state index is 16.0. The van der Waals surface area contributed by atoms with Gasteiger partial charge in [-0.15, -0.1) is 0 Å². The van der Waals surface area contributed by atoms with Crippen LogP contribution in [0.1, 0.15) is 69.3 Å². The molecule has 4 amide bonds. The highest BCUT2D eigenvalue weighted by Gasteiger charge is 2.57. The summed E-state index contributed by atoms with van der Waals surface area (Å²) in [5.41, 5.74) is -4.79. The molecular weight excluding hydrogens is 1080 g/mol. The zero-order chi connectivity index (χ0) is 58.6. The predicted octanol–water partition coefficient (Wildman–Crippen LogP) is 5.92. The number of hydrogen-bond acceptors (Lipinski definition) is 13. The average Bonchev–Trinajstić information content (AvgIpc) is 3.96. The molecule has 5 heterocycles. The molecule has 0 spiro atoms. The number of fused-ring (bicyclic) bond motifs is 2. The van der Waals surface area contributed by atoms with E-state index < -0.39 is 115 Å². The van der Waals surface area contributed by atoms with Crippen molar-refractivity contribution < 1.29 is 82.8 Å². The number of halogens is 10. The number of hydrogen-bond donors (Lipinski definition) is 6. The smallest absolute Gasteiger partial charge is 0.407 e. The molecule has 19 nitrogen and oxygen atoms in total. The van der Waals surface area contributed by atoms with Crippen molar-refractivity contribution in [2.75, 3.05) is 44.9 Å². The molecule has 3 aliphatic rings. The number of anilines is 1. The third-order valence-electron chi connectivity index (χ3n) is 14.5. The number of piperazine rings is 1. The minimum Gasteiger partial charge on any atom is -0.465 e. The van der Waals surface area contributed by atoms with Crippen LogP contribution >= 0.6 is 0 Å². The first-order valence-corrected chi connectivity index (χ1v) is 24.8. The third kappa shape index (κ3) is 13.8. The number of hydrazine groups is 1. The first-order valence-electron chi connectivity index (χ1n) is 24.8. The molecule has 6 atom stereocenters. The van der Waals surface area contributed by atoms with Gasteiger partial charge in [-0.1, -0.05) is 24.0 Å². The number of nitrogens with zero attached hydrogens (tertiary/aromatic N) is 7. The third-order valence-corrected chi connectivity index (χ3v) is 14.5. The molecule has 6 N–H and O–H groups in total. The number of alkyl halides is 8. The van der Waals surface area contributed by atoms with Gasteiger partial charge < -0.3 is 40.5 Å². The van der Waals surface area contributed by atoms with E-state index in [0.29, 0.717) is 90.9 Å². The minimum absolute atomic E-state index is 0.233. The Hall–Kier alpha value is -7.29. The summed E-state index contributed by atoms with van der Waals surface area (Å²) >= 11 is 0. The second kappa shape index (κ2) is 24.2. The number of carbonyl (C=O) groups excluding carboxylic acids is 3. The van der Waals surface area contributed by atoms with Crippen molar-refractivity contribution in [3.05, 3.63) is 95.2 Å². The summed E-state index contributed by atoms with van der Waals surface area (Å²) in [6, 6.07) is 1.37. The molecule has 7 rings (SSSR count). The van der Waals surface area contributed by atoms with Gasteiger partial charge >= 0.3 is 31.1 Å². The maximum atomic E-state index is 16.0. The molecule has 4 aromatic rings. The summed E-state index contributed by atoms with van der Waals surface area (Å²) in [5.74, 6) is 0.245. The second-order valence-electron chi connectivity index (χ2n) is 20.7. The number of aromatic nitrogens is 4. The van der Waals surface area contributed by atoms with E-state index in [-0.39, 0.29) is 16.8 Å². The molecule has 2 aromatic carbocycles. The first kappa shape index (κ1) is 60.4. The summed E-state index contributed by atoms with van der Waals surface area (Å²) in [4.78, 5) is 69.5. The van der Waals surface area contributed by atoms with Crippen LogP contribution in [0.2, 0.25) is 0 Å². The van der Waals surface area contributed by atoms with Crippen molar-refractivity contribution in [3.8, 4) is 23.1 Å². The molecule has 2 unspecified atom stereocenters. The summed E-state index contributed by atoms with van der Waals surface area (Å²) in [6.45, 7) is -0.319. The number of amides is 4. The maximum Gasteiger partial charge on any atom is 0.407 e. The summed E-state index contributed by atoms with van der Waals surface area (Å²) in [5, 5.41) is 27.5. The van der Waals surface area contributed by atoms with Crippen LogP contribution in [0.15, 0.2) is 61.3 Å². The quantitative estimate of drug-likeness (QED) is 0.0364. The molecule has 2 aromatic heterocycles. The Morgan fingerprint density at radius 2 is 1.38 bits per heavy atom. The van der Waals surface area contributed by atoms with Gasteiger partial charge in [-0.2, -0.15) is 35.1 Å². The Kier molecular flexibility index (Phi) is 18.3. The number of carbonyl (C=O) groups is 4. The molecule has 0 saturated carbocycles. The van der Waals surface area contributed by atoms with Crippen LogP contribution < -0.4 is 26.3 Å². The van der Waals surface area contributed by atoms with Crippen molar-refractivity contribution in [1.29, 1.82) is 0 Å². The van der Waals surface area contributed by atoms with Crippen molar-refractivity contribution >= 4 is 29.9 Å². The zero-order valence-electron chi connectivity index (χ0n) is 43.5. The Balaban J connectivity index is 1.17. The van der Waals surface area contributed by atoms with Gasteiger partial charge in [0.2, 0.25) is 11.9 Å². The lowest BCUT2D eigenvalue weighted by molar-refractivity contribution is -0.221. The van der Waals surface area contributed by atoms with E-state index in [1.54, 1.807) is 17.7 Å². The zero-order valence-corrected chi connectivity index (χ0v) is 43.5. The lowest BCUT2D eigenvalue weighted by atomic mass is 9.82. The normalized spacial score (nSPS) is 18.6. The Morgan fingerprint density at radius 1 is 0.812 bits per heavy atom. The number of imidazole rings is 1. The van der Waals surface area contributed by atoms with Gasteiger partial charge in [0.1, 0.15) is 23.7 Å². The number of aliphatic hydroxyl groups excluding tert-OH is 1. The summed E-state index contributed by atoms with van der Waals surface area (Å²) < 4.78 is 156. The molecule has 2 bridgehead atoms. The topological polar surface area (TPSA) is 229 Å². The van der Waals surface area contributed by atoms with E-state index in [4.69, 9.17) is 4.74 Å². The minimum atomic E-state index is -5.24. The molecule has 3 fully saturated rings. The molecule has 29 heteroatoms. The highest BCUT2D eigenvalue weighted by atomic mass is 19.4. The van der Waals surface area contributed by atoms with Crippen molar-refractivity contribution in [2.45, 2.75) is 115 Å². The van der Waals surface area contributed by atoms with E-state index in [1.807, 2.05) is 5.43 Å². The Morgan fingerprint density at radius 3 is 1.88 bits per heavy atom. The number of aliphatic hydroxyl groups is 1. The van der Waals surface area contributed by atoms with Crippen LogP contribution in [0.5, 0.6) is 0 Å². The van der Waals surface area contributed by atoms with Crippen molar-refractivity contribution in [2.24, 2.45) is 10.8 Å². The number of ether oxygens (including phenoxy) is 2. The van der Waals surface area contributed by atoms with Gasteiger partial charge in [0.25, 0.3) is 5.91 Å². The largest absolute Gasteiger partial charge is 0.465 e. The summed E-state index contributed by atoms with van der Waals surface area (Å²) in [6.07, 6.45) is -10.0. The van der Waals surface area contributed by atoms with Gasteiger partial charge in [0.15, 0.2) is 0 Å². The highest BCUT2D eigenvalue weighted by molar-refractivity contribution is 5.87. The SMILES string of the molecule is COC(=O)N[C@H](C(=O)NN(Cc1c(F)cc(-c2cn(C(F)F)cn2)cc1F)C[C@H](O)[C@H](Cc1ccc(C#Cc2cnc(N3CC4CCC(C3)N4C3COC3)nc2)cc1)NC(=O)[C@@H](NC(=O)O)C(C)(C)C(F)(F)F)C(C)(C)C(F)(F)F. The number of rotatable bonds is 19. The number of carboxylic acid groups (broad SMARTS) is 1. The standard InChI is InChI=1S/C51H57F10N11O8/c1-48(2,50(56,57)58)40(66-46(76)77)42(74)65-37(14-28-9-6-27(7-10-28)8-11-29-17-62-45(63-18-29)69-19-31-12-13-32(20-69)72(31)33-24-80-25-33)39(73)23-71(68-43(75)41(67-47(78)79-5)49(3,4)51(59,60)61)21-34-35(52)15-30(16-36(34)53)38-22-70(26-64-38)44(54)55/h6-7,9-10,15-18,22,26,31-33,37,39-41,44,66,73H,12-14,19-21,23-25H2,1-5H3,(H,65,74)(H,67,78)(H,68,75)(H,76,77)/t31?,32?,37-,39-,40+,41+/m0/s1. The number of benzene rings is 2. The van der Waals surface area contributed by atoms with E-state index in [9.17, 15) is 64.5 Å². The lowest BCUT2D eigenvalue weighted by Crippen LogP contribution is -2.63. The van der Waals surface area contributed by atoms with E-state index in [0.717, 1.165) is 52.5 Å². The Labute approximate surface area is 451 Å². The van der Waals surface area contributed by atoms with Crippen LogP contribution in [0, 0.1) is 34.3 Å². The predicted molar refractivity (Wildman–Crippen MR) is 263 cm³/mol. The van der Waals surface area contributed by atoms with Gasteiger partial charge in [-0.05, 0) is 76.8 Å². The number of nitrogens with one attached hydrogen (secondary N) is 4. The molecule has 434 valence electrons. The molecule has 3 saturated heterocycles. The molecule has 0 aliphatic carbocycles. The average molecular weight is 1140 g/mol. The van der Waals surface area contributed by atoms with E-state index in [1.165, 1.54) is 29.6 Å². The van der Waals surface area contributed by atoms with E-state index in [2.05, 4.69) is 46.6 Å². The van der Waals surface area contributed by atoms with Gasteiger partial charge in [0, 0.05) is 73.5 Å². The van der Waals surface area contributed by atoms with Crippen LogP contribution in [-0.2, 0) is 32.0 Å². The monoisotopic (exact) mass is 1140 g/mol. The first-order chi connectivity index (χ1) is 37.5. The van der Waals surface area contributed by atoms with Crippen LogP contribution in [0.3, 0.4) is 0 Å². The van der Waals surface area contributed by atoms with Gasteiger partial charge in [0.05, 0.1) is 66.9 Å². The van der Waals surface area contributed by atoms with Crippen LogP contribution in [-0.4, -0.2) is 158 Å². The molecular formula is C51H57F10N11O8. The van der Waals surface area contributed by atoms with Crippen molar-refractivity contribution in [1.82, 2.24) is 50.8 Å². The van der Waals surface area contributed by atoms with E-state index >= 15 is 8.78 Å². The molecule has 80 heavy (non-hydrogen) atoms. The van der Waals surface area contributed by atoms with Crippen LogP contribution in [0.4, 0.5) is 59.4 Å². The highest BCUT2D eigenvalue weighted by Crippen LogP contribution is 2.42.